The second-order valence-electron chi connectivity index (χ2n) is 7.87. The molecule has 0 saturated carbocycles. The Morgan fingerprint density at radius 2 is 1.38 bits per heavy atom. The molecule has 0 aliphatic heterocycles. The number of rotatable bonds is 2. The highest BCUT2D eigenvalue weighted by molar-refractivity contribution is 5.86. The molecular formula is C26H22. The summed E-state index contributed by atoms with van der Waals surface area (Å²) in [5, 5.41) is 2.68. The van der Waals surface area contributed by atoms with Crippen LogP contribution < -0.4 is 0 Å². The van der Waals surface area contributed by atoms with E-state index in [1.807, 2.05) is 0 Å². The van der Waals surface area contributed by atoms with Gasteiger partial charge in [0.15, 0.2) is 0 Å². The Hall–Kier alpha value is -2.86. The normalized spacial score (nSPS) is 14.2. The van der Waals surface area contributed by atoms with Crippen LogP contribution in [-0.4, -0.2) is 0 Å². The molecule has 0 saturated heterocycles. The van der Waals surface area contributed by atoms with E-state index in [-0.39, 0.29) is 5.41 Å². The lowest BCUT2D eigenvalue weighted by atomic mass is 9.81. The van der Waals surface area contributed by atoms with Crippen molar-refractivity contribution in [2.45, 2.75) is 25.7 Å². The molecule has 0 aromatic heterocycles. The van der Waals surface area contributed by atoms with Crippen LogP contribution >= 0.6 is 0 Å². The van der Waals surface area contributed by atoms with Crippen molar-refractivity contribution in [3.8, 4) is 11.1 Å². The molecule has 4 aromatic carbocycles. The van der Waals surface area contributed by atoms with Crippen molar-refractivity contribution in [2.24, 2.45) is 0 Å². The average Bonchev–Trinajstić information content (AvgIpc) is 2.90. The fraction of sp³-hybridized carbons (Fsp3) is 0.154. The van der Waals surface area contributed by atoms with Crippen LogP contribution in [0.3, 0.4) is 0 Å². The summed E-state index contributed by atoms with van der Waals surface area (Å²) in [6, 6.07) is 31.2. The van der Waals surface area contributed by atoms with Gasteiger partial charge in [-0.25, -0.2) is 0 Å². The van der Waals surface area contributed by atoms with Crippen molar-refractivity contribution >= 4 is 10.8 Å². The second-order valence-corrected chi connectivity index (χ2v) is 7.87. The van der Waals surface area contributed by atoms with Crippen LogP contribution in [0.5, 0.6) is 0 Å². The first-order chi connectivity index (χ1) is 12.6. The fourth-order valence-electron chi connectivity index (χ4n) is 4.53. The number of benzene rings is 4. The van der Waals surface area contributed by atoms with Gasteiger partial charge in [0.1, 0.15) is 0 Å². The Morgan fingerprint density at radius 1 is 0.654 bits per heavy atom. The van der Waals surface area contributed by atoms with Crippen LogP contribution in [0.4, 0.5) is 0 Å². The van der Waals surface area contributed by atoms with Crippen molar-refractivity contribution in [3.63, 3.8) is 0 Å². The molecule has 0 amide bonds. The van der Waals surface area contributed by atoms with Crippen molar-refractivity contribution < 1.29 is 0 Å². The maximum Gasteiger partial charge on any atom is 0.0158 e. The van der Waals surface area contributed by atoms with E-state index in [2.05, 4.69) is 98.8 Å². The Bertz CT molecular complexity index is 1130. The van der Waals surface area contributed by atoms with Gasteiger partial charge in [0.05, 0.1) is 0 Å². The van der Waals surface area contributed by atoms with Gasteiger partial charge in [0.2, 0.25) is 0 Å². The summed E-state index contributed by atoms with van der Waals surface area (Å²) in [5.41, 5.74) is 8.54. The molecule has 0 spiro atoms. The van der Waals surface area contributed by atoms with Gasteiger partial charge >= 0.3 is 0 Å². The first-order valence-electron chi connectivity index (χ1n) is 9.34. The minimum Gasteiger partial charge on any atom is -0.0619 e. The Balaban J connectivity index is 1.60. The molecule has 0 heteroatoms. The molecule has 26 heavy (non-hydrogen) atoms. The third-order valence-electron chi connectivity index (χ3n) is 5.92. The van der Waals surface area contributed by atoms with Gasteiger partial charge in [-0.1, -0.05) is 98.8 Å². The molecule has 0 atom stereocenters. The maximum atomic E-state index is 2.43. The summed E-state index contributed by atoms with van der Waals surface area (Å²) in [7, 11) is 0. The van der Waals surface area contributed by atoms with Crippen LogP contribution in [0.15, 0.2) is 84.9 Å². The highest BCUT2D eigenvalue weighted by Gasteiger charge is 2.34. The molecule has 1 aliphatic rings. The minimum atomic E-state index is 0.0701. The molecule has 0 radical (unpaired) electrons. The summed E-state index contributed by atoms with van der Waals surface area (Å²) >= 11 is 0. The first-order valence-corrected chi connectivity index (χ1v) is 9.34. The maximum absolute atomic E-state index is 2.43. The number of fused-ring (bicyclic) bond motifs is 4. The zero-order valence-corrected chi connectivity index (χ0v) is 15.3. The quantitative estimate of drug-likeness (QED) is 0.381. The van der Waals surface area contributed by atoms with Crippen molar-refractivity contribution in [1.29, 1.82) is 0 Å². The van der Waals surface area contributed by atoms with Gasteiger partial charge in [-0.05, 0) is 50.6 Å². The SMILES string of the molecule is CC1(C)c2ccccc2-c2ccc(Cc3cccc4ccccc34)cc21. The van der Waals surface area contributed by atoms with Gasteiger partial charge in [0, 0.05) is 5.41 Å². The zero-order chi connectivity index (χ0) is 17.7. The fourth-order valence-corrected chi connectivity index (χ4v) is 4.53. The predicted octanol–water partition coefficient (Wildman–Crippen LogP) is 6.74. The molecule has 0 N–H and O–H groups in total. The zero-order valence-electron chi connectivity index (χ0n) is 15.3. The topological polar surface area (TPSA) is 0 Å². The lowest BCUT2D eigenvalue weighted by Crippen LogP contribution is -2.15. The van der Waals surface area contributed by atoms with Gasteiger partial charge in [-0.15, -0.1) is 0 Å². The molecule has 0 unspecified atom stereocenters. The standard InChI is InChI=1S/C26H22/c1-26(2)24-13-6-5-12-22(24)23-15-14-18(17-25(23)26)16-20-10-7-9-19-8-3-4-11-21(19)20/h3-15,17H,16H2,1-2H3. The van der Waals surface area contributed by atoms with E-state index in [1.165, 1.54) is 44.2 Å². The van der Waals surface area contributed by atoms with E-state index in [9.17, 15) is 0 Å². The monoisotopic (exact) mass is 334 g/mol. The number of hydrogen-bond donors (Lipinski definition) is 0. The molecule has 0 nitrogen and oxygen atoms in total. The van der Waals surface area contributed by atoms with Crippen LogP contribution in [0.2, 0.25) is 0 Å². The van der Waals surface area contributed by atoms with E-state index in [4.69, 9.17) is 0 Å². The Morgan fingerprint density at radius 3 is 2.31 bits per heavy atom. The lowest BCUT2D eigenvalue weighted by Gasteiger charge is -2.22. The second kappa shape index (κ2) is 5.57. The highest BCUT2D eigenvalue weighted by atomic mass is 14.4. The van der Waals surface area contributed by atoms with Crippen LogP contribution in [0, 0.1) is 0 Å². The molecule has 0 fully saturated rings. The summed E-state index contributed by atoms with van der Waals surface area (Å²) in [5.74, 6) is 0. The van der Waals surface area contributed by atoms with Crippen molar-refractivity contribution in [1.82, 2.24) is 0 Å². The Labute approximate surface area is 155 Å². The number of hydrogen-bond acceptors (Lipinski definition) is 0. The summed E-state index contributed by atoms with van der Waals surface area (Å²) in [4.78, 5) is 0. The first kappa shape index (κ1) is 15.4. The van der Waals surface area contributed by atoms with Gasteiger partial charge in [-0.2, -0.15) is 0 Å². The minimum absolute atomic E-state index is 0.0701. The molecule has 1 aliphatic carbocycles. The van der Waals surface area contributed by atoms with E-state index in [1.54, 1.807) is 0 Å². The molecule has 126 valence electrons. The van der Waals surface area contributed by atoms with E-state index in [0.717, 1.165) is 6.42 Å². The molecule has 4 aromatic rings. The Kier molecular flexibility index (Phi) is 3.30. The third kappa shape index (κ3) is 2.22. The third-order valence-corrected chi connectivity index (χ3v) is 5.92. The van der Waals surface area contributed by atoms with Gasteiger partial charge in [-0.3, -0.25) is 0 Å². The average molecular weight is 334 g/mol. The summed E-state index contributed by atoms with van der Waals surface area (Å²) in [6.45, 7) is 4.69. The molecule has 5 rings (SSSR count). The summed E-state index contributed by atoms with van der Waals surface area (Å²) in [6.07, 6.45) is 0.973. The smallest absolute Gasteiger partial charge is 0.0158 e. The largest absolute Gasteiger partial charge is 0.0619 e. The van der Waals surface area contributed by atoms with Crippen LogP contribution in [-0.2, 0) is 11.8 Å². The van der Waals surface area contributed by atoms with Crippen LogP contribution in [0.1, 0.15) is 36.1 Å². The van der Waals surface area contributed by atoms with Gasteiger partial charge in [0.25, 0.3) is 0 Å². The van der Waals surface area contributed by atoms with E-state index in [0.29, 0.717) is 0 Å². The lowest BCUT2D eigenvalue weighted by molar-refractivity contribution is 0.659. The molecule has 0 heterocycles. The highest BCUT2D eigenvalue weighted by Crippen LogP contribution is 2.48. The van der Waals surface area contributed by atoms with Crippen LogP contribution in [0.25, 0.3) is 21.9 Å². The van der Waals surface area contributed by atoms with Gasteiger partial charge < -0.3 is 0 Å². The van der Waals surface area contributed by atoms with Crippen molar-refractivity contribution in [2.75, 3.05) is 0 Å². The predicted molar refractivity (Wildman–Crippen MR) is 111 cm³/mol. The summed E-state index contributed by atoms with van der Waals surface area (Å²) < 4.78 is 0. The molecule has 0 bridgehead atoms. The van der Waals surface area contributed by atoms with Crippen molar-refractivity contribution in [3.05, 3.63) is 107 Å². The molecular weight excluding hydrogens is 312 g/mol. The van der Waals surface area contributed by atoms with E-state index < -0.39 is 0 Å². The van der Waals surface area contributed by atoms with E-state index >= 15 is 0 Å².